The highest BCUT2D eigenvalue weighted by Gasteiger charge is 2.42. The molecule has 3 heterocycles. The number of nitrogens with zero attached hydrogens (tertiary/aromatic N) is 3. The van der Waals surface area contributed by atoms with Gasteiger partial charge in [0.2, 0.25) is 0 Å². The standard InChI is InChI=1S/C28H22N4OS/c33-23-14-12-21(13-15-23)32-27(26(30-28(32)34)24-8-3-4-16-29-24)25-9-5-17-31(25)22-11-10-19-6-1-2-7-20(19)18-22/h1-18,26-27,33H,(H,30,34)/t26-,27+/m1/s1. The van der Waals surface area contributed by atoms with Gasteiger partial charge in [0.1, 0.15) is 11.8 Å². The average Bonchev–Trinajstić information content (AvgIpc) is 3.49. The predicted octanol–water partition coefficient (Wildman–Crippen LogP) is 5.91. The summed E-state index contributed by atoms with van der Waals surface area (Å²) < 4.78 is 2.22. The number of fused-ring (bicyclic) bond motifs is 1. The maximum absolute atomic E-state index is 9.84. The molecule has 0 spiro atoms. The van der Waals surface area contributed by atoms with Gasteiger partial charge in [-0.25, -0.2) is 0 Å². The summed E-state index contributed by atoms with van der Waals surface area (Å²) in [4.78, 5) is 6.75. The second kappa shape index (κ2) is 8.32. The summed E-state index contributed by atoms with van der Waals surface area (Å²) in [6.07, 6.45) is 3.90. The first-order chi connectivity index (χ1) is 16.7. The Kier molecular flexibility index (Phi) is 5.00. The summed E-state index contributed by atoms with van der Waals surface area (Å²) in [5, 5.41) is 16.4. The molecule has 0 radical (unpaired) electrons. The van der Waals surface area contributed by atoms with Gasteiger partial charge in [0.25, 0.3) is 0 Å². The monoisotopic (exact) mass is 462 g/mol. The van der Waals surface area contributed by atoms with Crippen molar-refractivity contribution in [1.82, 2.24) is 14.9 Å². The van der Waals surface area contributed by atoms with Crippen molar-refractivity contribution in [2.75, 3.05) is 4.90 Å². The molecule has 0 saturated carbocycles. The Balaban J connectivity index is 1.51. The molecule has 34 heavy (non-hydrogen) atoms. The second-order valence-electron chi connectivity index (χ2n) is 8.35. The van der Waals surface area contributed by atoms with Crippen molar-refractivity contribution < 1.29 is 5.11 Å². The molecule has 166 valence electrons. The van der Waals surface area contributed by atoms with E-state index in [1.54, 1.807) is 12.1 Å². The molecule has 2 atom stereocenters. The minimum absolute atomic E-state index is 0.142. The molecule has 6 rings (SSSR count). The van der Waals surface area contributed by atoms with Crippen LogP contribution < -0.4 is 10.2 Å². The van der Waals surface area contributed by atoms with E-state index in [1.165, 1.54) is 10.8 Å². The molecule has 3 aromatic carbocycles. The van der Waals surface area contributed by atoms with Crippen LogP contribution in [0.4, 0.5) is 5.69 Å². The third-order valence-electron chi connectivity index (χ3n) is 6.32. The van der Waals surface area contributed by atoms with E-state index in [1.807, 2.05) is 36.5 Å². The van der Waals surface area contributed by atoms with Gasteiger partial charge in [-0.15, -0.1) is 0 Å². The van der Waals surface area contributed by atoms with Gasteiger partial charge in [-0.1, -0.05) is 36.4 Å². The van der Waals surface area contributed by atoms with Gasteiger partial charge in [0.05, 0.1) is 11.7 Å². The summed E-state index contributed by atoms with van der Waals surface area (Å²) in [5.74, 6) is 0.221. The molecule has 1 saturated heterocycles. The highest BCUT2D eigenvalue weighted by Crippen LogP contribution is 2.42. The van der Waals surface area contributed by atoms with Crippen LogP contribution in [0.1, 0.15) is 23.5 Å². The SMILES string of the molecule is Oc1ccc(N2C(=S)N[C@H](c3ccccn3)[C@@H]2c2cccn2-c2ccc3ccccc3c2)cc1. The molecule has 2 N–H and O–H groups in total. The zero-order valence-corrected chi connectivity index (χ0v) is 19.1. The first-order valence-electron chi connectivity index (χ1n) is 11.2. The predicted molar refractivity (Wildman–Crippen MR) is 139 cm³/mol. The number of hydrogen-bond acceptors (Lipinski definition) is 3. The Morgan fingerprint density at radius 3 is 2.35 bits per heavy atom. The smallest absolute Gasteiger partial charge is 0.174 e. The van der Waals surface area contributed by atoms with E-state index in [-0.39, 0.29) is 17.8 Å². The van der Waals surface area contributed by atoms with Crippen molar-refractivity contribution in [3.8, 4) is 11.4 Å². The number of aromatic hydroxyl groups is 1. The zero-order chi connectivity index (χ0) is 23.1. The van der Waals surface area contributed by atoms with Crippen LogP contribution in [0.2, 0.25) is 0 Å². The van der Waals surface area contributed by atoms with Crippen LogP contribution in [0.25, 0.3) is 16.5 Å². The van der Waals surface area contributed by atoms with Gasteiger partial charge in [-0.3, -0.25) is 4.98 Å². The Morgan fingerprint density at radius 2 is 1.56 bits per heavy atom. The van der Waals surface area contributed by atoms with E-state index in [0.717, 1.165) is 22.8 Å². The largest absolute Gasteiger partial charge is 0.508 e. The lowest BCUT2D eigenvalue weighted by molar-refractivity contribution is 0.475. The number of anilines is 1. The van der Waals surface area contributed by atoms with Crippen molar-refractivity contribution >= 4 is 33.8 Å². The first-order valence-corrected chi connectivity index (χ1v) is 11.6. The van der Waals surface area contributed by atoms with Gasteiger partial charge in [0, 0.05) is 29.5 Å². The molecule has 0 aliphatic carbocycles. The molecule has 1 aliphatic rings. The fourth-order valence-electron chi connectivity index (χ4n) is 4.74. The highest BCUT2D eigenvalue weighted by atomic mass is 32.1. The number of phenols is 1. The fraction of sp³-hybridized carbons (Fsp3) is 0.0714. The number of aromatic nitrogens is 2. The number of rotatable bonds is 4. The van der Waals surface area contributed by atoms with Crippen LogP contribution in [0.5, 0.6) is 5.75 Å². The van der Waals surface area contributed by atoms with Gasteiger partial charge in [0.15, 0.2) is 5.11 Å². The molecule has 0 amide bonds. The van der Waals surface area contributed by atoms with Crippen LogP contribution in [0.3, 0.4) is 0 Å². The van der Waals surface area contributed by atoms with Crippen molar-refractivity contribution in [3.63, 3.8) is 0 Å². The van der Waals surface area contributed by atoms with Crippen LogP contribution in [0, 0.1) is 0 Å². The number of benzene rings is 3. The number of nitrogens with one attached hydrogen (secondary N) is 1. The first kappa shape index (κ1) is 20.4. The molecule has 2 aromatic heterocycles. The summed E-state index contributed by atoms with van der Waals surface area (Å²) >= 11 is 5.82. The Labute approximate surface area is 202 Å². The molecule has 0 bridgehead atoms. The maximum atomic E-state index is 9.84. The van der Waals surface area contributed by atoms with Crippen molar-refractivity contribution in [3.05, 3.63) is 121 Å². The van der Waals surface area contributed by atoms with Crippen molar-refractivity contribution in [2.24, 2.45) is 0 Å². The molecule has 5 aromatic rings. The number of thiocarbonyl (C=S) groups is 1. The van der Waals surface area contributed by atoms with Crippen molar-refractivity contribution in [1.29, 1.82) is 0 Å². The number of hydrogen-bond donors (Lipinski definition) is 2. The molecular weight excluding hydrogens is 440 g/mol. The number of phenolic OH excluding ortho intramolecular Hbond substituents is 1. The summed E-state index contributed by atoms with van der Waals surface area (Å²) in [6.45, 7) is 0. The molecule has 0 unspecified atom stereocenters. The van der Waals surface area contributed by atoms with Gasteiger partial charge < -0.3 is 19.9 Å². The van der Waals surface area contributed by atoms with E-state index in [0.29, 0.717) is 5.11 Å². The maximum Gasteiger partial charge on any atom is 0.174 e. The van der Waals surface area contributed by atoms with Crippen LogP contribution in [0.15, 0.2) is 109 Å². The molecule has 1 fully saturated rings. The van der Waals surface area contributed by atoms with Crippen LogP contribution >= 0.6 is 12.2 Å². The Morgan fingerprint density at radius 1 is 0.794 bits per heavy atom. The average molecular weight is 463 g/mol. The van der Waals surface area contributed by atoms with Crippen molar-refractivity contribution in [2.45, 2.75) is 12.1 Å². The topological polar surface area (TPSA) is 53.3 Å². The minimum Gasteiger partial charge on any atom is -0.508 e. The van der Waals surface area contributed by atoms with Gasteiger partial charge in [-0.05, 0) is 83.7 Å². The lowest BCUT2D eigenvalue weighted by Gasteiger charge is -2.29. The lowest BCUT2D eigenvalue weighted by Crippen LogP contribution is -2.30. The third kappa shape index (κ3) is 3.49. The lowest BCUT2D eigenvalue weighted by atomic mass is 10.0. The normalized spacial score (nSPS) is 17.8. The van der Waals surface area contributed by atoms with E-state index in [9.17, 15) is 5.11 Å². The van der Waals surface area contributed by atoms with Crippen LogP contribution in [-0.2, 0) is 0 Å². The zero-order valence-electron chi connectivity index (χ0n) is 18.2. The van der Waals surface area contributed by atoms with Crippen LogP contribution in [-0.4, -0.2) is 19.8 Å². The third-order valence-corrected chi connectivity index (χ3v) is 6.64. The summed E-state index contributed by atoms with van der Waals surface area (Å²) in [5.41, 5.74) is 4.00. The molecular formula is C28H22N4OS. The Bertz CT molecular complexity index is 1480. The van der Waals surface area contributed by atoms with Gasteiger partial charge in [-0.2, -0.15) is 0 Å². The fourth-order valence-corrected chi connectivity index (χ4v) is 5.09. The van der Waals surface area contributed by atoms with Gasteiger partial charge >= 0.3 is 0 Å². The van der Waals surface area contributed by atoms with E-state index in [4.69, 9.17) is 12.2 Å². The molecule has 6 heteroatoms. The summed E-state index contributed by atoms with van der Waals surface area (Å²) in [7, 11) is 0. The quantitative estimate of drug-likeness (QED) is 0.325. The second-order valence-corrected chi connectivity index (χ2v) is 8.73. The van der Waals surface area contributed by atoms with E-state index >= 15 is 0 Å². The Hall–Kier alpha value is -4.16. The van der Waals surface area contributed by atoms with E-state index in [2.05, 4.69) is 80.6 Å². The minimum atomic E-state index is -0.145. The molecule has 1 aliphatic heterocycles. The summed E-state index contributed by atoms with van der Waals surface area (Å²) in [6, 6.07) is 31.9. The van der Waals surface area contributed by atoms with E-state index < -0.39 is 0 Å². The number of pyridine rings is 1. The molecule has 5 nitrogen and oxygen atoms in total. The highest BCUT2D eigenvalue weighted by molar-refractivity contribution is 7.80.